The molecule has 21 heavy (non-hydrogen) atoms. The van der Waals surface area contributed by atoms with E-state index in [-0.39, 0.29) is 11.8 Å². The van der Waals surface area contributed by atoms with Gasteiger partial charge in [0.05, 0.1) is 6.54 Å². The van der Waals surface area contributed by atoms with E-state index in [1.165, 1.54) is 12.1 Å². The Labute approximate surface area is 123 Å². The molecule has 0 bridgehead atoms. The number of carbonyl (C=O) groups excluding carboxylic acids is 1. The van der Waals surface area contributed by atoms with Gasteiger partial charge in [0, 0.05) is 5.69 Å². The summed E-state index contributed by atoms with van der Waals surface area (Å²) >= 11 is 0. The fourth-order valence-corrected chi connectivity index (χ4v) is 2.75. The molecule has 1 fully saturated rings. The molecule has 2 aromatic carbocycles. The van der Waals surface area contributed by atoms with Gasteiger partial charge in [-0.25, -0.2) is 9.18 Å². The summed E-state index contributed by atoms with van der Waals surface area (Å²) in [6, 6.07) is 15.7. The van der Waals surface area contributed by atoms with E-state index in [2.05, 4.69) is 0 Å². The van der Waals surface area contributed by atoms with E-state index in [1.54, 1.807) is 12.1 Å². The Morgan fingerprint density at radius 3 is 2.43 bits per heavy atom. The van der Waals surface area contributed by atoms with E-state index in [0.29, 0.717) is 13.2 Å². The van der Waals surface area contributed by atoms with Crippen LogP contribution in [0.1, 0.15) is 12.5 Å². The summed E-state index contributed by atoms with van der Waals surface area (Å²) < 4.78 is 18.4. The summed E-state index contributed by atoms with van der Waals surface area (Å²) in [5.41, 5.74) is 0.714. The highest BCUT2D eigenvalue weighted by Crippen LogP contribution is 2.36. The van der Waals surface area contributed by atoms with E-state index in [0.717, 1.165) is 11.3 Å². The molecule has 0 N–H and O–H groups in total. The van der Waals surface area contributed by atoms with Crippen molar-refractivity contribution in [1.82, 2.24) is 0 Å². The maximum atomic E-state index is 13.2. The van der Waals surface area contributed by atoms with Crippen LogP contribution >= 0.6 is 0 Å². The summed E-state index contributed by atoms with van der Waals surface area (Å²) in [5, 5.41) is 0. The van der Waals surface area contributed by atoms with Gasteiger partial charge >= 0.3 is 5.97 Å². The minimum absolute atomic E-state index is 0.316. The van der Waals surface area contributed by atoms with Crippen LogP contribution in [-0.2, 0) is 15.1 Å². The maximum Gasteiger partial charge on any atom is 0.336 e. The SMILES string of the molecule is C[C@]1(c2ccc(F)cc2)C(=O)OCCN1c1ccccc1. The fraction of sp³-hybridized carbons (Fsp3) is 0.235. The van der Waals surface area contributed by atoms with Crippen LogP contribution in [0.2, 0.25) is 0 Å². The lowest BCUT2D eigenvalue weighted by atomic mass is 9.88. The number of benzene rings is 2. The van der Waals surface area contributed by atoms with Gasteiger partial charge in [-0.15, -0.1) is 0 Å². The average molecular weight is 285 g/mol. The second kappa shape index (κ2) is 5.20. The van der Waals surface area contributed by atoms with Crippen molar-refractivity contribution in [3.05, 3.63) is 66.0 Å². The van der Waals surface area contributed by atoms with Gasteiger partial charge < -0.3 is 9.64 Å². The molecule has 108 valence electrons. The third-order valence-electron chi connectivity index (χ3n) is 3.96. The number of anilines is 1. The zero-order valence-electron chi connectivity index (χ0n) is 11.8. The van der Waals surface area contributed by atoms with E-state index < -0.39 is 5.54 Å². The molecular weight excluding hydrogens is 269 g/mol. The molecule has 1 saturated heterocycles. The highest BCUT2D eigenvalue weighted by Gasteiger charge is 2.45. The monoisotopic (exact) mass is 285 g/mol. The Bertz CT molecular complexity index is 642. The number of carbonyl (C=O) groups is 1. The molecule has 0 radical (unpaired) electrons. The minimum Gasteiger partial charge on any atom is -0.462 e. The van der Waals surface area contributed by atoms with Crippen LogP contribution in [0.25, 0.3) is 0 Å². The molecule has 1 aliphatic heterocycles. The predicted molar refractivity (Wildman–Crippen MR) is 78.5 cm³/mol. The number of esters is 1. The molecule has 0 spiro atoms. The molecule has 0 saturated carbocycles. The van der Waals surface area contributed by atoms with E-state index >= 15 is 0 Å². The van der Waals surface area contributed by atoms with Gasteiger partial charge in [-0.3, -0.25) is 0 Å². The van der Waals surface area contributed by atoms with Crippen LogP contribution in [0.5, 0.6) is 0 Å². The number of para-hydroxylation sites is 1. The Balaban J connectivity index is 2.09. The molecule has 0 aliphatic carbocycles. The second-order valence-electron chi connectivity index (χ2n) is 5.20. The standard InChI is InChI=1S/C17H16FNO2/c1-17(13-7-9-14(18)10-8-13)16(20)21-12-11-19(17)15-5-3-2-4-6-15/h2-10H,11-12H2,1H3/t17-/m0/s1. The largest absolute Gasteiger partial charge is 0.462 e. The number of morpholine rings is 1. The van der Waals surface area contributed by atoms with Gasteiger partial charge in [0.15, 0.2) is 5.54 Å². The highest BCUT2D eigenvalue weighted by molar-refractivity contribution is 5.87. The normalized spacial score (nSPS) is 22.0. The number of nitrogens with zero attached hydrogens (tertiary/aromatic N) is 1. The summed E-state index contributed by atoms with van der Waals surface area (Å²) in [7, 11) is 0. The van der Waals surface area contributed by atoms with E-state index in [1.807, 2.05) is 42.2 Å². The van der Waals surface area contributed by atoms with Crippen LogP contribution in [0.4, 0.5) is 10.1 Å². The van der Waals surface area contributed by atoms with Crippen molar-refractivity contribution in [3.8, 4) is 0 Å². The topological polar surface area (TPSA) is 29.5 Å². The molecule has 0 amide bonds. The molecule has 0 aromatic heterocycles. The number of rotatable bonds is 2. The zero-order valence-corrected chi connectivity index (χ0v) is 11.8. The summed E-state index contributed by atoms with van der Waals surface area (Å²) in [4.78, 5) is 14.4. The molecule has 1 heterocycles. The first-order valence-corrected chi connectivity index (χ1v) is 6.88. The Morgan fingerprint density at radius 1 is 1.10 bits per heavy atom. The Kier molecular flexibility index (Phi) is 3.37. The van der Waals surface area contributed by atoms with Crippen LogP contribution in [0.15, 0.2) is 54.6 Å². The Hall–Kier alpha value is -2.36. The zero-order chi connectivity index (χ0) is 14.9. The molecule has 0 unspecified atom stereocenters. The third kappa shape index (κ3) is 2.27. The van der Waals surface area contributed by atoms with Gasteiger partial charge in [-0.05, 0) is 36.8 Å². The number of hydrogen-bond donors (Lipinski definition) is 0. The summed E-state index contributed by atoms with van der Waals surface area (Å²) in [6.45, 7) is 2.77. The van der Waals surface area contributed by atoms with Crippen molar-refractivity contribution >= 4 is 11.7 Å². The van der Waals surface area contributed by atoms with Gasteiger partial charge in [-0.2, -0.15) is 0 Å². The fourth-order valence-electron chi connectivity index (χ4n) is 2.75. The number of cyclic esters (lactones) is 1. The lowest BCUT2D eigenvalue weighted by molar-refractivity contribution is -0.153. The summed E-state index contributed by atoms with van der Waals surface area (Å²) in [5.74, 6) is -0.637. The molecule has 1 aliphatic rings. The molecule has 2 aromatic rings. The van der Waals surface area contributed by atoms with Gasteiger partial charge in [-0.1, -0.05) is 30.3 Å². The van der Waals surface area contributed by atoms with Gasteiger partial charge in [0.25, 0.3) is 0 Å². The average Bonchev–Trinajstić information content (AvgIpc) is 2.51. The minimum atomic E-state index is -0.951. The summed E-state index contributed by atoms with van der Waals surface area (Å²) in [6.07, 6.45) is 0. The first kappa shape index (κ1) is 13.6. The third-order valence-corrected chi connectivity index (χ3v) is 3.96. The number of halogens is 1. The lowest BCUT2D eigenvalue weighted by Crippen LogP contribution is -2.56. The second-order valence-corrected chi connectivity index (χ2v) is 5.20. The van der Waals surface area contributed by atoms with Crippen LogP contribution in [0.3, 0.4) is 0 Å². The smallest absolute Gasteiger partial charge is 0.336 e. The molecular formula is C17H16FNO2. The lowest BCUT2D eigenvalue weighted by Gasteiger charge is -2.44. The van der Waals surface area contributed by atoms with Gasteiger partial charge in [0.2, 0.25) is 0 Å². The number of ether oxygens (including phenoxy) is 1. The highest BCUT2D eigenvalue weighted by atomic mass is 19.1. The van der Waals surface area contributed by atoms with Crippen molar-refractivity contribution in [2.45, 2.75) is 12.5 Å². The van der Waals surface area contributed by atoms with Crippen LogP contribution in [0, 0.1) is 5.82 Å². The first-order chi connectivity index (χ1) is 10.1. The van der Waals surface area contributed by atoms with Crippen LogP contribution in [-0.4, -0.2) is 19.1 Å². The van der Waals surface area contributed by atoms with E-state index in [9.17, 15) is 9.18 Å². The van der Waals surface area contributed by atoms with Crippen molar-refractivity contribution in [2.24, 2.45) is 0 Å². The van der Waals surface area contributed by atoms with Crippen molar-refractivity contribution in [1.29, 1.82) is 0 Å². The quantitative estimate of drug-likeness (QED) is 0.794. The predicted octanol–water partition coefficient (Wildman–Crippen LogP) is 3.10. The van der Waals surface area contributed by atoms with Crippen molar-refractivity contribution in [2.75, 3.05) is 18.1 Å². The first-order valence-electron chi connectivity index (χ1n) is 6.88. The molecule has 4 heteroatoms. The van der Waals surface area contributed by atoms with Crippen molar-refractivity contribution < 1.29 is 13.9 Å². The molecule has 3 rings (SSSR count). The molecule has 1 atom stereocenters. The molecule has 3 nitrogen and oxygen atoms in total. The van der Waals surface area contributed by atoms with E-state index in [4.69, 9.17) is 4.74 Å². The van der Waals surface area contributed by atoms with Gasteiger partial charge in [0.1, 0.15) is 12.4 Å². The van der Waals surface area contributed by atoms with Crippen molar-refractivity contribution in [3.63, 3.8) is 0 Å². The maximum absolute atomic E-state index is 13.2. The van der Waals surface area contributed by atoms with Crippen LogP contribution < -0.4 is 4.90 Å². The number of hydrogen-bond acceptors (Lipinski definition) is 3. The Morgan fingerprint density at radius 2 is 1.76 bits per heavy atom.